The topological polar surface area (TPSA) is 62.7 Å². The second-order valence-corrected chi connectivity index (χ2v) is 5.32. The first kappa shape index (κ1) is 14.9. The van der Waals surface area contributed by atoms with Gasteiger partial charge >= 0.3 is 5.97 Å². The molecular formula is C15H22N2O3. The van der Waals surface area contributed by atoms with E-state index in [0.29, 0.717) is 6.61 Å². The summed E-state index contributed by atoms with van der Waals surface area (Å²) < 4.78 is 5.58. The number of hydrogen-bond donors (Lipinski definition) is 1. The highest BCUT2D eigenvalue weighted by Gasteiger charge is 2.20. The van der Waals surface area contributed by atoms with E-state index in [0.717, 1.165) is 38.2 Å². The van der Waals surface area contributed by atoms with Crippen LogP contribution in [-0.2, 0) is 16.1 Å². The Hall–Kier alpha value is -1.46. The van der Waals surface area contributed by atoms with E-state index in [-0.39, 0.29) is 12.5 Å². The smallest absolute Gasteiger partial charge is 0.305 e. The predicted octanol–water partition coefficient (Wildman–Crippen LogP) is 1.85. The van der Waals surface area contributed by atoms with Gasteiger partial charge in [0.15, 0.2) is 0 Å². The summed E-state index contributed by atoms with van der Waals surface area (Å²) in [6.07, 6.45) is 4.12. The Bertz CT molecular complexity index is 425. The lowest BCUT2D eigenvalue weighted by molar-refractivity contribution is -0.138. The average molecular weight is 278 g/mol. The summed E-state index contributed by atoms with van der Waals surface area (Å²) in [6, 6.07) is 4.16. The number of rotatable bonds is 6. The molecule has 20 heavy (non-hydrogen) atoms. The normalized spacial score (nSPS) is 17.2. The lowest BCUT2D eigenvalue weighted by atomic mass is 10.1. The number of aryl methyl sites for hydroxylation is 1. The summed E-state index contributed by atoms with van der Waals surface area (Å²) >= 11 is 0. The van der Waals surface area contributed by atoms with Crippen LogP contribution >= 0.6 is 0 Å². The van der Waals surface area contributed by atoms with E-state index in [1.54, 1.807) is 0 Å². The van der Waals surface area contributed by atoms with Crippen LogP contribution < -0.4 is 0 Å². The number of piperidine rings is 1. The Morgan fingerprint density at radius 2 is 2.20 bits per heavy atom. The van der Waals surface area contributed by atoms with Crippen molar-refractivity contribution >= 4 is 5.97 Å². The van der Waals surface area contributed by atoms with Gasteiger partial charge < -0.3 is 9.84 Å². The average Bonchev–Trinajstić information content (AvgIpc) is 2.43. The van der Waals surface area contributed by atoms with Crippen LogP contribution in [0.15, 0.2) is 18.3 Å². The fourth-order valence-corrected chi connectivity index (χ4v) is 2.37. The van der Waals surface area contributed by atoms with Crippen LogP contribution in [0.25, 0.3) is 0 Å². The number of pyridine rings is 1. The molecule has 0 unspecified atom stereocenters. The van der Waals surface area contributed by atoms with E-state index in [2.05, 4.69) is 22.0 Å². The first-order valence-corrected chi connectivity index (χ1v) is 7.11. The Labute approximate surface area is 119 Å². The number of carbonyl (C=O) groups is 1. The lowest BCUT2D eigenvalue weighted by Gasteiger charge is -2.31. The highest BCUT2D eigenvalue weighted by Crippen LogP contribution is 2.16. The van der Waals surface area contributed by atoms with Gasteiger partial charge in [0.05, 0.1) is 24.8 Å². The molecule has 1 aliphatic heterocycles. The van der Waals surface area contributed by atoms with Crippen LogP contribution in [0.2, 0.25) is 0 Å². The van der Waals surface area contributed by atoms with Gasteiger partial charge in [0.1, 0.15) is 0 Å². The van der Waals surface area contributed by atoms with Crippen LogP contribution in [0.4, 0.5) is 0 Å². The van der Waals surface area contributed by atoms with Crippen LogP contribution in [0.1, 0.15) is 30.5 Å². The molecule has 0 radical (unpaired) electrons. The molecule has 110 valence electrons. The standard InChI is InChI=1S/C15H22N2O3/c1-12-2-3-13(16-10-12)11-17-7-4-14(5-8-17)20-9-6-15(18)19/h2-3,10,14H,4-9,11H2,1H3,(H,18,19). The summed E-state index contributed by atoms with van der Waals surface area (Å²) in [5, 5.41) is 8.57. The number of nitrogens with zero attached hydrogens (tertiary/aromatic N) is 2. The molecular weight excluding hydrogens is 256 g/mol. The van der Waals surface area contributed by atoms with Gasteiger partial charge in [0, 0.05) is 25.8 Å². The molecule has 0 aromatic carbocycles. The summed E-state index contributed by atoms with van der Waals surface area (Å²) in [7, 11) is 0. The third-order valence-corrected chi connectivity index (χ3v) is 3.56. The zero-order valence-corrected chi connectivity index (χ0v) is 11.9. The maximum atomic E-state index is 10.4. The Morgan fingerprint density at radius 3 is 2.80 bits per heavy atom. The van der Waals surface area contributed by atoms with Crippen molar-refractivity contribution < 1.29 is 14.6 Å². The highest BCUT2D eigenvalue weighted by molar-refractivity contribution is 5.66. The fraction of sp³-hybridized carbons (Fsp3) is 0.600. The van der Waals surface area contributed by atoms with Crippen molar-refractivity contribution in [2.75, 3.05) is 19.7 Å². The van der Waals surface area contributed by atoms with Crippen molar-refractivity contribution in [1.82, 2.24) is 9.88 Å². The number of carboxylic acids is 1. The van der Waals surface area contributed by atoms with Gasteiger partial charge in [-0.2, -0.15) is 0 Å². The number of hydrogen-bond acceptors (Lipinski definition) is 4. The summed E-state index contributed by atoms with van der Waals surface area (Å²) in [4.78, 5) is 17.2. The minimum atomic E-state index is -0.798. The van der Waals surface area contributed by atoms with Gasteiger partial charge in [-0.25, -0.2) is 0 Å². The Balaban J connectivity index is 1.68. The van der Waals surface area contributed by atoms with Crippen molar-refractivity contribution in [3.05, 3.63) is 29.6 Å². The van der Waals surface area contributed by atoms with E-state index in [9.17, 15) is 4.79 Å². The molecule has 1 N–H and O–H groups in total. The predicted molar refractivity (Wildman–Crippen MR) is 75.5 cm³/mol. The van der Waals surface area contributed by atoms with Gasteiger partial charge in [0.2, 0.25) is 0 Å². The molecule has 0 saturated carbocycles. The highest BCUT2D eigenvalue weighted by atomic mass is 16.5. The van der Waals surface area contributed by atoms with E-state index < -0.39 is 5.97 Å². The van der Waals surface area contributed by atoms with Gasteiger partial charge in [-0.15, -0.1) is 0 Å². The first-order chi connectivity index (χ1) is 9.63. The molecule has 0 bridgehead atoms. The lowest BCUT2D eigenvalue weighted by Crippen LogP contribution is -2.37. The van der Waals surface area contributed by atoms with E-state index in [1.807, 2.05) is 13.1 Å². The maximum Gasteiger partial charge on any atom is 0.305 e. The minimum Gasteiger partial charge on any atom is -0.481 e. The molecule has 2 heterocycles. The third-order valence-electron chi connectivity index (χ3n) is 3.56. The molecule has 1 aromatic rings. The minimum absolute atomic E-state index is 0.0908. The molecule has 5 heteroatoms. The molecule has 1 saturated heterocycles. The maximum absolute atomic E-state index is 10.4. The number of ether oxygens (including phenoxy) is 1. The van der Waals surface area contributed by atoms with Gasteiger partial charge in [-0.3, -0.25) is 14.7 Å². The number of likely N-dealkylation sites (tertiary alicyclic amines) is 1. The Kier molecular flexibility index (Phi) is 5.49. The zero-order valence-electron chi connectivity index (χ0n) is 11.9. The van der Waals surface area contributed by atoms with Crippen LogP contribution in [0.5, 0.6) is 0 Å². The molecule has 0 spiro atoms. The zero-order chi connectivity index (χ0) is 14.4. The SMILES string of the molecule is Cc1ccc(CN2CCC(OCCC(=O)O)CC2)nc1. The summed E-state index contributed by atoms with van der Waals surface area (Å²) in [5.74, 6) is -0.798. The molecule has 1 fully saturated rings. The molecule has 2 rings (SSSR count). The van der Waals surface area contributed by atoms with Crippen molar-refractivity contribution in [2.24, 2.45) is 0 Å². The molecule has 0 atom stereocenters. The van der Waals surface area contributed by atoms with Crippen LogP contribution in [0.3, 0.4) is 0 Å². The fourth-order valence-electron chi connectivity index (χ4n) is 2.37. The monoisotopic (exact) mass is 278 g/mol. The molecule has 5 nitrogen and oxygen atoms in total. The van der Waals surface area contributed by atoms with Gasteiger partial charge in [-0.05, 0) is 31.4 Å². The summed E-state index contributed by atoms with van der Waals surface area (Å²) in [5.41, 5.74) is 2.28. The van der Waals surface area contributed by atoms with E-state index in [1.165, 1.54) is 5.56 Å². The number of aromatic nitrogens is 1. The first-order valence-electron chi connectivity index (χ1n) is 7.11. The third kappa shape index (κ3) is 4.90. The largest absolute Gasteiger partial charge is 0.481 e. The quantitative estimate of drug-likeness (QED) is 0.860. The van der Waals surface area contributed by atoms with Crippen molar-refractivity contribution in [3.63, 3.8) is 0 Å². The number of aliphatic carboxylic acids is 1. The molecule has 1 aromatic heterocycles. The molecule has 0 aliphatic carbocycles. The Morgan fingerprint density at radius 1 is 1.45 bits per heavy atom. The number of carboxylic acid groups (broad SMARTS) is 1. The van der Waals surface area contributed by atoms with Crippen molar-refractivity contribution in [2.45, 2.75) is 38.8 Å². The van der Waals surface area contributed by atoms with Crippen molar-refractivity contribution in [3.8, 4) is 0 Å². The van der Waals surface area contributed by atoms with Crippen molar-refractivity contribution in [1.29, 1.82) is 0 Å². The second kappa shape index (κ2) is 7.36. The van der Waals surface area contributed by atoms with Gasteiger partial charge in [-0.1, -0.05) is 6.07 Å². The van der Waals surface area contributed by atoms with Gasteiger partial charge in [0.25, 0.3) is 0 Å². The summed E-state index contributed by atoms with van der Waals surface area (Å²) in [6.45, 7) is 5.19. The van der Waals surface area contributed by atoms with E-state index in [4.69, 9.17) is 9.84 Å². The second-order valence-electron chi connectivity index (χ2n) is 5.32. The molecule has 1 aliphatic rings. The molecule has 0 amide bonds. The van der Waals surface area contributed by atoms with Crippen LogP contribution in [0, 0.1) is 6.92 Å². The van der Waals surface area contributed by atoms with Crippen LogP contribution in [-0.4, -0.2) is 46.8 Å². The van der Waals surface area contributed by atoms with E-state index >= 15 is 0 Å².